The lowest BCUT2D eigenvalue weighted by Crippen LogP contribution is -2.32. The lowest BCUT2D eigenvalue weighted by molar-refractivity contribution is -0.119. The Kier molecular flexibility index (Phi) is 5.83. The number of carbonyl (C=O) groups excluding carboxylic acids is 1. The van der Waals surface area contributed by atoms with E-state index in [2.05, 4.69) is 44.5 Å². The second-order valence-corrected chi connectivity index (χ2v) is 9.44. The average molecular weight is 442 g/mol. The van der Waals surface area contributed by atoms with Crippen LogP contribution < -0.4 is 10.2 Å². The van der Waals surface area contributed by atoms with Gasteiger partial charge in [-0.3, -0.25) is 4.79 Å². The summed E-state index contributed by atoms with van der Waals surface area (Å²) in [6.45, 7) is 3.18. The van der Waals surface area contributed by atoms with Gasteiger partial charge in [-0.25, -0.2) is 9.97 Å². The minimum atomic E-state index is -0.000335. The third kappa shape index (κ3) is 4.28. The molecule has 156 valence electrons. The summed E-state index contributed by atoms with van der Waals surface area (Å²) in [6, 6.07) is 8.58. The first-order valence-corrected chi connectivity index (χ1v) is 12.0. The van der Waals surface area contributed by atoms with E-state index < -0.39 is 0 Å². The van der Waals surface area contributed by atoms with E-state index in [1.165, 1.54) is 29.2 Å². The Bertz CT molecular complexity index is 1050. The van der Waals surface area contributed by atoms with Crippen molar-refractivity contribution in [3.8, 4) is 0 Å². The van der Waals surface area contributed by atoms with Crippen molar-refractivity contribution in [2.24, 2.45) is 0 Å². The van der Waals surface area contributed by atoms with Crippen LogP contribution in [0, 0.1) is 0 Å². The maximum absolute atomic E-state index is 12.2. The number of rotatable bonds is 6. The van der Waals surface area contributed by atoms with Crippen molar-refractivity contribution in [1.29, 1.82) is 0 Å². The van der Waals surface area contributed by atoms with Gasteiger partial charge in [0.25, 0.3) is 0 Å². The van der Waals surface area contributed by atoms with E-state index in [-0.39, 0.29) is 12.0 Å². The van der Waals surface area contributed by atoms with Gasteiger partial charge < -0.3 is 15.0 Å². The number of nitrogens with zero attached hydrogens (tertiary/aromatic N) is 4. The summed E-state index contributed by atoms with van der Waals surface area (Å²) in [5, 5.41) is 4.74. The fourth-order valence-corrected chi connectivity index (χ4v) is 5.78. The molecular formula is C21H23N5O2S2. The van der Waals surface area contributed by atoms with E-state index in [9.17, 15) is 4.79 Å². The molecule has 1 unspecified atom stereocenters. The zero-order valence-corrected chi connectivity index (χ0v) is 18.2. The molecule has 4 heterocycles. The molecule has 7 nitrogen and oxygen atoms in total. The Morgan fingerprint density at radius 1 is 1.30 bits per heavy atom. The van der Waals surface area contributed by atoms with E-state index in [0.29, 0.717) is 17.9 Å². The monoisotopic (exact) mass is 441 g/mol. The van der Waals surface area contributed by atoms with Crippen LogP contribution in [0.2, 0.25) is 0 Å². The summed E-state index contributed by atoms with van der Waals surface area (Å²) in [6.07, 6.45) is 4.80. The molecule has 1 atom stereocenters. The maximum Gasteiger partial charge on any atom is 0.230 e. The third-order valence-electron chi connectivity index (χ3n) is 5.44. The molecule has 3 aromatic rings. The number of fused-ring (bicyclic) bond motifs is 2. The molecule has 2 aliphatic rings. The van der Waals surface area contributed by atoms with E-state index in [1.54, 1.807) is 11.3 Å². The van der Waals surface area contributed by atoms with Crippen molar-refractivity contribution in [1.82, 2.24) is 20.3 Å². The van der Waals surface area contributed by atoms with Gasteiger partial charge in [0.2, 0.25) is 5.91 Å². The number of benzene rings is 1. The van der Waals surface area contributed by atoms with Crippen LogP contribution in [0.3, 0.4) is 0 Å². The zero-order valence-electron chi connectivity index (χ0n) is 16.5. The van der Waals surface area contributed by atoms with Crippen LogP contribution in [0.15, 0.2) is 35.6 Å². The summed E-state index contributed by atoms with van der Waals surface area (Å²) in [5.74, 6) is 0.322. The van der Waals surface area contributed by atoms with Crippen molar-refractivity contribution >= 4 is 44.5 Å². The second-order valence-electron chi connectivity index (χ2n) is 7.50. The summed E-state index contributed by atoms with van der Waals surface area (Å²) >= 11 is 3.04. The Balaban J connectivity index is 1.25. The van der Waals surface area contributed by atoms with Crippen LogP contribution in [0.4, 0.5) is 5.13 Å². The number of ether oxygens (including phenoxy) is 1. The van der Waals surface area contributed by atoms with Crippen LogP contribution in [-0.2, 0) is 22.5 Å². The van der Waals surface area contributed by atoms with Crippen molar-refractivity contribution in [2.75, 3.05) is 30.3 Å². The summed E-state index contributed by atoms with van der Waals surface area (Å²) in [5.41, 5.74) is 3.47. The van der Waals surface area contributed by atoms with E-state index in [1.807, 2.05) is 0 Å². The summed E-state index contributed by atoms with van der Waals surface area (Å²) < 4.78 is 6.50. The van der Waals surface area contributed by atoms with E-state index in [0.717, 1.165) is 53.8 Å². The van der Waals surface area contributed by atoms with Crippen LogP contribution >= 0.6 is 23.1 Å². The predicted octanol–water partition coefficient (Wildman–Crippen LogP) is 3.04. The molecule has 1 fully saturated rings. The fraction of sp³-hybridized carbons (Fsp3) is 0.429. The minimum Gasteiger partial charge on any atom is -0.376 e. The quantitative estimate of drug-likeness (QED) is 0.465. The van der Waals surface area contributed by atoms with Gasteiger partial charge in [-0.2, -0.15) is 4.98 Å². The number of aromatic nitrogens is 3. The van der Waals surface area contributed by atoms with Crippen LogP contribution in [0.25, 0.3) is 10.3 Å². The molecule has 2 aromatic heterocycles. The Morgan fingerprint density at radius 3 is 3.07 bits per heavy atom. The summed E-state index contributed by atoms with van der Waals surface area (Å²) in [4.78, 5) is 28.0. The van der Waals surface area contributed by atoms with E-state index in [4.69, 9.17) is 9.72 Å². The van der Waals surface area contributed by atoms with Gasteiger partial charge >= 0.3 is 0 Å². The highest BCUT2D eigenvalue weighted by molar-refractivity contribution is 8.00. The number of thioether (sulfide) groups is 1. The molecule has 1 N–H and O–H groups in total. The molecule has 0 bridgehead atoms. The Morgan fingerprint density at radius 2 is 2.20 bits per heavy atom. The standard InChI is InChI=1S/C21H23N5O2S2/c27-17(22-10-16-6-3-9-28-16)12-29-20-18-19(23-13-24-20)25-21(30-18)26-8-7-14-4-1-2-5-15(14)11-26/h1-2,4-5,13,16H,3,6-12H2,(H,22,27). The van der Waals surface area contributed by atoms with Crippen molar-refractivity contribution in [3.63, 3.8) is 0 Å². The highest BCUT2D eigenvalue weighted by Crippen LogP contribution is 2.35. The number of hydrogen-bond donors (Lipinski definition) is 1. The van der Waals surface area contributed by atoms with Gasteiger partial charge in [0, 0.05) is 26.2 Å². The number of thiazole rings is 1. The molecule has 30 heavy (non-hydrogen) atoms. The molecule has 1 aromatic carbocycles. The average Bonchev–Trinajstić information content (AvgIpc) is 3.46. The predicted molar refractivity (Wildman–Crippen MR) is 119 cm³/mol. The maximum atomic E-state index is 12.2. The number of carbonyl (C=O) groups is 1. The number of hydrogen-bond acceptors (Lipinski definition) is 8. The topological polar surface area (TPSA) is 80.2 Å². The molecule has 1 amide bonds. The number of anilines is 1. The second kappa shape index (κ2) is 8.87. The van der Waals surface area contributed by atoms with Gasteiger partial charge in [0.15, 0.2) is 10.8 Å². The van der Waals surface area contributed by atoms with Gasteiger partial charge in [0.1, 0.15) is 16.1 Å². The molecule has 2 aliphatic heterocycles. The third-order valence-corrected chi connectivity index (χ3v) is 7.67. The lowest BCUT2D eigenvalue weighted by atomic mass is 10.0. The normalized spacial score (nSPS) is 18.5. The number of amides is 1. The SMILES string of the molecule is O=C(CSc1ncnc2nc(N3CCc4ccccc4C3)sc12)NCC1CCCO1. The Labute approximate surface area is 183 Å². The first kappa shape index (κ1) is 19.7. The van der Waals surface area contributed by atoms with E-state index >= 15 is 0 Å². The van der Waals surface area contributed by atoms with Crippen molar-refractivity contribution in [3.05, 3.63) is 41.7 Å². The molecule has 5 rings (SSSR count). The van der Waals surface area contributed by atoms with Crippen molar-refractivity contribution < 1.29 is 9.53 Å². The fourth-order valence-electron chi connectivity index (χ4n) is 3.84. The molecule has 9 heteroatoms. The highest BCUT2D eigenvalue weighted by atomic mass is 32.2. The largest absolute Gasteiger partial charge is 0.376 e. The minimum absolute atomic E-state index is 0.000335. The molecule has 0 aliphatic carbocycles. The Hall–Kier alpha value is -2.23. The van der Waals surface area contributed by atoms with Gasteiger partial charge in [-0.05, 0) is 30.4 Å². The van der Waals surface area contributed by atoms with Crippen molar-refractivity contribution in [2.45, 2.75) is 36.9 Å². The zero-order chi connectivity index (χ0) is 20.3. The molecule has 0 radical (unpaired) electrons. The number of nitrogens with one attached hydrogen (secondary N) is 1. The van der Waals surface area contributed by atoms with Crippen LogP contribution in [0.1, 0.15) is 24.0 Å². The molecule has 0 spiro atoms. The van der Waals surface area contributed by atoms with Gasteiger partial charge in [-0.1, -0.05) is 47.4 Å². The first-order chi connectivity index (χ1) is 14.8. The molecule has 0 saturated carbocycles. The smallest absolute Gasteiger partial charge is 0.230 e. The molecule has 1 saturated heterocycles. The van der Waals surface area contributed by atoms with Gasteiger partial charge in [-0.15, -0.1) is 0 Å². The lowest BCUT2D eigenvalue weighted by Gasteiger charge is -2.28. The van der Waals surface area contributed by atoms with Gasteiger partial charge in [0.05, 0.1) is 11.9 Å². The first-order valence-electron chi connectivity index (χ1n) is 10.2. The van der Waals surface area contributed by atoms with Crippen LogP contribution in [-0.4, -0.2) is 52.4 Å². The molecular weight excluding hydrogens is 418 g/mol. The highest BCUT2D eigenvalue weighted by Gasteiger charge is 2.21. The van der Waals surface area contributed by atoms with Crippen LogP contribution in [0.5, 0.6) is 0 Å². The summed E-state index contributed by atoms with van der Waals surface area (Å²) in [7, 11) is 0.